The van der Waals surface area contributed by atoms with Gasteiger partial charge < -0.3 is 9.47 Å². The molecule has 0 bridgehead atoms. The van der Waals surface area contributed by atoms with Crippen molar-refractivity contribution in [2.24, 2.45) is 4.99 Å². The van der Waals surface area contributed by atoms with E-state index in [1.807, 2.05) is 6.92 Å². The first-order valence-electron chi connectivity index (χ1n) is 9.17. The number of hydrogen-bond donors (Lipinski definition) is 0. The minimum absolute atomic E-state index is 0.0201. The highest BCUT2D eigenvalue weighted by Gasteiger charge is 2.25. The average molecular weight is 646 g/mol. The van der Waals surface area contributed by atoms with Gasteiger partial charge in [-0.1, -0.05) is 6.92 Å². The van der Waals surface area contributed by atoms with Gasteiger partial charge in [-0.25, -0.2) is 9.79 Å². The first kappa shape index (κ1) is 23.3. The van der Waals surface area contributed by atoms with Crippen molar-refractivity contribution in [1.29, 1.82) is 0 Å². The predicted octanol–water partition coefficient (Wildman–Crippen LogP) is 5.16. The third-order valence-electron chi connectivity index (χ3n) is 4.25. The van der Waals surface area contributed by atoms with Gasteiger partial charge in [-0.2, -0.15) is 0 Å². The Hall–Kier alpha value is -2.35. The second-order valence-electron chi connectivity index (χ2n) is 6.63. The van der Waals surface area contributed by atoms with Crippen molar-refractivity contribution in [3.8, 4) is 5.75 Å². The van der Waals surface area contributed by atoms with Gasteiger partial charge in [0.05, 0.1) is 12.1 Å². The number of aliphatic imine (C=N–C) groups is 1. The van der Waals surface area contributed by atoms with E-state index in [0.29, 0.717) is 35.3 Å². The van der Waals surface area contributed by atoms with Gasteiger partial charge in [-0.15, -0.1) is 0 Å². The lowest BCUT2D eigenvalue weighted by Crippen LogP contribution is -2.09. The van der Waals surface area contributed by atoms with Crippen LogP contribution in [0.3, 0.4) is 0 Å². The standard InChI is InChI=1S/C21H16I2N2O6/c1-3-4-18(26)30-19-14(22)8-12(9-15(19)23)10-16-21(27)31-20(24-16)13-5-6-17(25(28)29)11(2)7-13/h5-10H,3-4H2,1-2H3/b16-10-. The van der Waals surface area contributed by atoms with Gasteiger partial charge in [0, 0.05) is 23.6 Å². The number of benzene rings is 2. The lowest BCUT2D eigenvalue weighted by atomic mass is 10.1. The lowest BCUT2D eigenvalue weighted by molar-refractivity contribution is -0.385. The number of rotatable bonds is 6. The van der Waals surface area contributed by atoms with Crippen molar-refractivity contribution in [3.63, 3.8) is 0 Å². The summed E-state index contributed by atoms with van der Waals surface area (Å²) in [7, 11) is 0. The van der Waals surface area contributed by atoms with Crippen LogP contribution >= 0.6 is 45.2 Å². The molecular weight excluding hydrogens is 630 g/mol. The number of carbonyl (C=O) groups is 2. The van der Waals surface area contributed by atoms with Gasteiger partial charge >= 0.3 is 11.9 Å². The molecule has 0 saturated heterocycles. The number of nitrogens with zero attached hydrogens (tertiary/aromatic N) is 2. The Morgan fingerprint density at radius 3 is 2.52 bits per heavy atom. The smallest absolute Gasteiger partial charge is 0.363 e. The first-order chi connectivity index (χ1) is 14.7. The van der Waals surface area contributed by atoms with Gasteiger partial charge in [0.1, 0.15) is 0 Å². The Labute approximate surface area is 205 Å². The molecule has 31 heavy (non-hydrogen) atoms. The van der Waals surface area contributed by atoms with Crippen molar-refractivity contribution >= 4 is 74.8 Å². The zero-order valence-electron chi connectivity index (χ0n) is 16.5. The third-order valence-corrected chi connectivity index (χ3v) is 5.86. The molecule has 0 saturated carbocycles. The molecule has 160 valence electrons. The number of cyclic esters (lactones) is 1. The lowest BCUT2D eigenvalue weighted by Gasteiger charge is -2.09. The Morgan fingerprint density at radius 2 is 1.94 bits per heavy atom. The van der Waals surface area contributed by atoms with Crippen LogP contribution in [0.25, 0.3) is 6.08 Å². The van der Waals surface area contributed by atoms with E-state index in [1.54, 1.807) is 31.2 Å². The molecule has 2 aromatic carbocycles. The molecule has 0 unspecified atom stereocenters. The number of carbonyl (C=O) groups excluding carboxylic acids is 2. The van der Waals surface area contributed by atoms with Gasteiger partial charge in [0.15, 0.2) is 11.4 Å². The Kier molecular flexibility index (Phi) is 7.41. The van der Waals surface area contributed by atoms with Gasteiger partial charge in [0.2, 0.25) is 5.90 Å². The van der Waals surface area contributed by atoms with E-state index in [-0.39, 0.29) is 23.3 Å². The van der Waals surface area contributed by atoms with E-state index in [0.717, 1.165) is 7.14 Å². The molecule has 1 heterocycles. The summed E-state index contributed by atoms with van der Waals surface area (Å²) in [4.78, 5) is 38.9. The number of hydrogen-bond acceptors (Lipinski definition) is 7. The number of ether oxygens (including phenoxy) is 2. The zero-order valence-corrected chi connectivity index (χ0v) is 20.8. The molecule has 3 rings (SSSR count). The first-order valence-corrected chi connectivity index (χ1v) is 11.3. The summed E-state index contributed by atoms with van der Waals surface area (Å²) < 4.78 is 12.1. The predicted molar refractivity (Wildman–Crippen MR) is 131 cm³/mol. The largest absolute Gasteiger partial charge is 0.424 e. The van der Waals surface area contributed by atoms with Gasteiger partial charge in [-0.05, 0) is 94.4 Å². The maximum atomic E-state index is 12.3. The van der Waals surface area contributed by atoms with E-state index < -0.39 is 10.9 Å². The van der Waals surface area contributed by atoms with Crippen molar-refractivity contribution in [2.45, 2.75) is 26.7 Å². The SMILES string of the molecule is CCCC(=O)Oc1c(I)cc(/C=C2\N=C(c3ccc([N+](=O)[O-])c(C)c3)OC2=O)cc1I. The molecule has 0 fully saturated rings. The maximum Gasteiger partial charge on any atom is 0.363 e. The van der Waals surface area contributed by atoms with Crippen LogP contribution in [0.15, 0.2) is 41.0 Å². The van der Waals surface area contributed by atoms with Crippen molar-refractivity contribution in [3.05, 3.63) is 70.0 Å². The average Bonchev–Trinajstić information content (AvgIpc) is 3.05. The molecular formula is C21H16I2N2O6. The molecule has 0 aromatic heterocycles. The zero-order chi connectivity index (χ0) is 22.7. The third kappa shape index (κ3) is 5.47. The quantitative estimate of drug-likeness (QED) is 0.107. The fourth-order valence-corrected chi connectivity index (χ4v) is 4.85. The van der Waals surface area contributed by atoms with Crippen LogP contribution in [0.2, 0.25) is 0 Å². The number of halogens is 2. The summed E-state index contributed by atoms with van der Waals surface area (Å²) >= 11 is 4.14. The second-order valence-corrected chi connectivity index (χ2v) is 8.96. The summed E-state index contributed by atoms with van der Waals surface area (Å²) in [6, 6.07) is 7.96. The highest BCUT2D eigenvalue weighted by atomic mass is 127. The molecule has 0 amide bonds. The highest BCUT2D eigenvalue weighted by Crippen LogP contribution is 2.31. The number of nitro benzene ring substituents is 1. The number of esters is 2. The Morgan fingerprint density at radius 1 is 1.26 bits per heavy atom. The van der Waals surface area contributed by atoms with E-state index in [4.69, 9.17) is 9.47 Å². The van der Waals surface area contributed by atoms with E-state index in [1.165, 1.54) is 12.1 Å². The summed E-state index contributed by atoms with van der Waals surface area (Å²) in [6.45, 7) is 3.51. The fourth-order valence-electron chi connectivity index (χ4n) is 2.81. The highest BCUT2D eigenvalue weighted by molar-refractivity contribution is 14.1. The molecule has 0 N–H and O–H groups in total. The minimum Gasteiger partial charge on any atom is -0.424 e. The van der Waals surface area contributed by atoms with Crippen LogP contribution in [0, 0.1) is 24.2 Å². The molecule has 1 aliphatic rings. The molecule has 0 atom stereocenters. The maximum absolute atomic E-state index is 12.3. The Bertz CT molecular complexity index is 1130. The van der Waals surface area contributed by atoms with Crippen LogP contribution in [0.1, 0.15) is 36.5 Å². The monoisotopic (exact) mass is 646 g/mol. The van der Waals surface area contributed by atoms with Crippen LogP contribution < -0.4 is 4.74 Å². The van der Waals surface area contributed by atoms with Gasteiger partial charge in [-0.3, -0.25) is 14.9 Å². The summed E-state index contributed by atoms with van der Waals surface area (Å²) in [5.41, 5.74) is 1.70. The van der Waals surface area contributed by atoms with Crippen LogP contribution in [0.5, 0.6) is 5.75 Å². The number of aryl methyl sites for hydroxylation is 1. The molecule has 1 aliphatic heterocycles. The van der Waals surface area contributed by atoms with E-state index >= 15 is 0 Å². The van der Waals surface area contributed by atoms with Crippen LogP contribution in [-0.4, -0.2) is 22.8 Å². The normalized spacial score (nSPS) is 14.4. The molecule has 0 radical (unpaired) electrons. The second kappa shape index (κ2) is 9.85. The fraction of sp³-hybridized carbons (Fsp3) is 0.190. The van der Waals surface area contributed by atoms with Crippen LogP contribution in [-0.2, 0) is 14.3 Å². The summed E-state index contributed by atoms with van der Waals surface area (Å²) in [6.07, 6.45) is 2.62. The number of nitro groups is 1. The molecule has 8 nitrogen and oxygen atoms in total. The molecule has 0 spiro atoms. The Balaban J connectivity index is 1.89. The molecule has 2 aromatic rings. The van der Waals surface area contributed by atoms with Crippen LogP contribution in [0.4, 0.5) is 5.69 Å². The topological polar surface area (TPSA) is 108 Å². The summed E-state index contributed by atoms with van der Waals surface area (Å²) in [5, 5.41) is 11.0. The van der Waals surface area contributed by atoms with E-state index in [9.17, 15) is 19.7 Å². The minimum atomic E-state index is -0.616. The van der Waals surface area contributed by atoms with Gasteiger partial charge in [0.25, 0.3) is 5.69 Å². The van der Waals surface area contributed by atoms with E-state index in [2.05, 4.69) is 50.2 Å². The van der Waals surface area contributed by atoms with Crippen molar-refractivity contribution in [2.75, 3.05) is 0 Å². The van der Waals surface area contributed by atoms with Crippen molar-refractivity contribution in [1.82, 2.24) is 0 Å². The van der Waals surface area contributed by atoms with Crippen molar-refractivity contribution < 1.29 is 24.0 Å². The summed E-state index contributed by atoms with van der Waals surface area (Å²) in [5.74, 6) is -0.337. The molecule has 10 heteroatoms. The molecule has 0 aliphatic carbocycles.